The highest BCUT2D eigenvalue weighted by molar-refractivity contribution is 8.23. The maximum Gasteiger partial charge on any atom is 0.255 e. The summed E-state index contributed by atoms with van der Waals surface area (Å²) in [6, 6.07) is 0. The zero-order valence-corrected chi connectivity index (χ0v) is 5.16. The second-order valence-electron chi connectivity index (χ2n) is 1.55. The first kappa shape index (κ1) is 8.13. The molecule has 0 heterocycles. The molecule has 8 heavy (non-hydrogen) atoms. The first-order valence-corrected chi connectivity index (χ1v) is 4.03. The van der Waals surface area contributed by atoms with Gasteiger partial charge in [0, 0.05) is 6.26 Å². The SMILES string of the molecule is CS(O)(O)CC(F)F. The molecule has 0 atom stereocenters. The Morgan fingerprint density at radius 1 is 1.50 bits per heavy atom. The fraction of sp³-hybridized carbons (Fsp3) is 1.00. The van der Waals surface area contributed by atoms with Gasteiger partial charge >= 0.3 is 0 Å². The molecule has 0 radical (unpaired) electrons. The van der Waals surface area contributed by atoms with Crippen molar-refractivity contribution in [2.75, 3.05) is 12.0 Å². The van der Waals surface area contributed by atoms with Crippen LogP contribution in [0.15, 0.2) is 0 Å². The summed E-state index contributed by atoms with van der Waals surface area (Å²) in [5, 5.41) is 0. The summed E-state index contributed by atoms with van der Waals surface area (Å²) in [5.41, 5.74) is 0. The third-order valence-corrected chi connectivity index (χ3v) is 1.33. The van der Waals surface area contributed by atoms with Crippen LogP contribution in [0.4, 0.5) is 8.78 Å². The lowest BCUT2D eigenvalue weighted by molar-refractivity contribution is 0.171. The minimum absolute atomic E-state index is 0.812. The summed E-state index contributed by atoms with van der Waals surface area (Å²) >= 11 is 0. The van der Waals surface area contributed by atoms with Crippen LogP contribution in [0.1, 0.15) is 0 Å². The molecule has 0 rings (SSSR count). The van der Waals surface area contributed by atoms with E-state index in [1.807, 2.05) is 0 Å². The summed E-state index contributed by atoms with van der Waals surface area (Å²) in [5.74, 6) is -0.812. The lowest BCUT2D eigenvalue weighted by Crippen LogP contribution is -2.07. The molecule has 0 spiro atoms. The van der Waals surface area contributed by atoms with Gasteiger partial charge in [0.2, 0.25) is 0 Å². The van der Waals surface area contributed by atoms with E-state index in [4.69, 9.17) is 9.11 Å². The summed E-state index contributed by atoms with van der Waals surface area (Å²) < 4.78 is 39.2. The molecule has 2 nitrogen and oxygen atoms in total. The maximum atomic E-state index is 11.2. The molecular formula is C3H8F2O2S. The Morgan fingerprint density at radius 2 is 1.88 bits per heavy atom. The first-order valence-electron chi connectivity index (χ1n) is 1.91. The molecule has 0 aliphatic heterocycles. The number of alkyl halides is 2. The van der Waals surface area contributed by atoms with Gasteiger partial charge in [-0.1, -0.05) is 0 Å². The molecule has 0 aromatic carbocycles. The molecule has 52 valence electrons. The van der Waals surface area contributed by atoms with Crippen LogP contribution in [0, 0.1) is 0 Å². The van der Waals surface area contributed by atoms with E-state index in [1.54, 1.807) is 0 Å². The molecule has 0 fully saturated rings. The second kappa shape index (κ2) is 2.61. The molecule has 0 aliphatic rings. The Hall–Kier alpha value is 0.130. The van der Waals surface area contributed by atoms with Crippen LogP contribution >= 0.6 is 10.6 Å². The van der Waals surface area contributed by atoms with Gasteiger partial charge < -0.3 is 0 Å². The van der Waals surface area contributed by atoms with Crippen LogP contribution in [-0.2, 0) is 0 Å². The van der Waals surface area contributed by atoms with Crippen molar-refractivity contribution in [2.24, 2.45) is 0 Å². The van der Waals surface area contributed by atoms with Crippen molar-refractivity contribution in [3.8, 4) is 0 Å². The number of halogens is 2. The molecule has 0 saturated heterocycles. The molecule has 2 N–H and O–H groups in total. The standard InChI is InChI=1S/C3H8F2O2S/c1-8(6,7)2-3(4)5/h3,6-7H,2H2,1H3. The third kappa shape index (κ3) is 6.13. The van der Waals surface area contributed by atoms with Crippen molar-refractivity contribution in [1.29, 1.82) is 0 Å². The van der Waals surface area contributed by atoms with E-state index in [9.17, 15) is 8.78 Å². The molecule has 0 aliphatic carbocycles. The summed E-state index contributed by atoms with van der Waals surface area (Å²) in [6.45, 7) is 0. The van der Waals surface area contributed by atoms with E-state index in [-0.39, 0.29) is 0 Å². The molecule has 5 heteroatoms. The van der Waals surface area contributed by atoms with E-state index in [1.165, 1.54) is 0 Å². The lowest BCUT2D eigenvalue weighted by Gasteiger charge is -2.25. The van der Waals surface area contributed by atoms with E-state index < -0.39 is 22.8 Å². The van der Waals surface area contributed by atoms with Crippen LogP contribution < -0.4 is 0 Å². The van der Waals surface area contributed by atoms with Crippen LogP contribution in [0.5, 0.6) is 0 Å². The van der Waals surface area contributed by atoms with Crippen molar-refractivity contribution in [1.82, 2.24) is 0 Å². The summed E-state index contributed by atoms with van der Waals surface area (Å²) in [6.07, 6.45) is -1.62. The smallest absolute Gasteiger partial charge is 0.255 e. The van der Waals surface area contributed by atoms with Gasteiger partial charge in [-0.25, -0.2) is 8.78 Å². The zero-order valence-electron chi connectivity index (χ0n) is 4.34. The molecule has 0 aromatic heterocycles. The number of rotatable bonds is 2. The van der Waals surface area contributed by atoms with Gasteiger partial charge in [-0.2, -0.15) is 10.6 Å². The summed E-state index contributed by atoms with van der Waals surface area (Å²) in [7, 11) is -2.97. The van der Waals surface area contributed by atoms with Gasteiger partial charge in [-0.05, 0) is 0 Å². The minimum atomic E-state index is -2.97. The Balaban J connectivity index is 3.39. The molecular weight excluding hydrogens is 138 g/mol. The van der Waals surface area contributed by atoms with Crippen molar-refractivity contribution in [2.45, 2.75) is 6.43 Å². The second-order valence-corrected chi connectivity index (χ2v) is 3.87. The number of hydrogen-bond acceptors (Lipinski definition) is 2. The van der Waals surface area contributed by atoms with Crippen LogP contribution in [0.25, 0.3) is 0 Å². The highest BCUT2D eigenvalue weighted by atomic mass is 32.3. The molecule has 0 saturated carbocycles. The monoisotopic (exact) mass is 146 g/mol. The zero-order chi connectivity index (χ0) is 6.78. The van der Waals surface area contributed by atoms with Gasteiger partial charge in [0.25, 0.3) is 6.43 Å². The summed E-state index contributed by atoms with van der Waals surface area (Å²) in [4.78, 5) is 0. The quantitative estimate of drug-likeness (QED) is 0.621. The lowest BCUT2D eigenvalue weighted by atomic mass is 10.9. The highest BCUT2D eigenvalue weighted by Crippen LogP contribution is 2.34. The van der Waals surface area contributed by atoms with Crippen molar-refractivity contribution in [3.05, 3.63) is 0 Å². The predicted molar refractivity (Wildman–Crippen MR) is 29.6 cm³/mol. The van der Waals surface area contributed by atoms with Crippen molar-refractivity contribution < 1.29 is 17.9 Å². The van der Waals surface area contributed by atoms with Gasteiger partial charge in [0.05, 0.1) is 5.75 Å². The largest absolute Gasteiger partial charge is 0.300 e. The van der Waals surface area contributed by atoms with Crippen LogP contribution in [-0.4, -0.2) is 27.5 Å². The number of hydrogen-bond donors (Lipinski definition) is 2. The van der Waals surface area contributed by atoms with Crippen LogP contribution in [0.3, 0.4) is 0 Å². The minimum Gasteiger partial charge on any atom is -0.300 e. The third-order valence-electron chi connectivity index (χ3n) is 0.442. The van der Waals surface area contributed by atoms with E-state index in [0.717, 1.165) is 6.26 Å². The average molecular weight is 146 g/mol. The van der Waals surface area contributed by atoms with Crippen molar-refractivity contribution >= 4 is 10.6 Å². The molecule has 0 amide bonds. The van der Waals surface area contributed by atoms with Gasteiger partial charge in [0.1, 0.15) is 0 Å². The highest BCUT2D eigenvalue weighted by Gasteiger charge is 2.11. The van der Waals surface area contributed by atoms with Crippen LogP contribution in [0.2, 0.25) is 0 Å². The van der Waals surface area contributed by atoms with E-state index in [2.05, 4.69) is 0 Å². The predicted octanol–water partition coefficient (Wildman–Crippen LogP) is 1.63. The topological polar surface area (TPSA) is 40.5 Å². The van der Waals surface area contributed by atoms with E-state index >= 15 is 0 Å². The fourth-order valence-electron chi connectivity index (χ4n) is 0.239. The average Bonchev–Trinajstić information content (AvgIpc) is 1.21. The van der Waals surface area contributed by atoms with Gasteiger partial charge in [0.15, 0.2) is 0 Å². The Labute approximate surface area is 47.9 Å². The Morgan fingerprint density at radius 3 is 1.88 bits per heavy atom. The Bertz CT molecular complexity index is 70.2. The van der Waals surface area contributed by atoms with Gasteiger partial charge in [-0.15, -0.1) is 0 Å². The normalized spacial score (nSPS) is 14.8. The Kier molecular flexibility index (Phi) is 2.65. The first-order chi connectivity index (χ1) is 3.42. The molecule has 0 bridgehead atoms. The van der Waals surface area contributed by atoms with Gasteiger partial charge in [-0.3, -0.25) is 9.11 Å². The molecule has 0 unspecified atom stereocenters. The van der Waals surface area contributed by atoms with E-state index in [0.29, 0.717) is 0 Å². The maximum absolute atomic E-state index is 11.2. The molecule has 0 aromatic rings. The van der Waals surface area contributed by atoms with Crippen molar-refractivity contribution in [3.63, 3.8) is 0 Å². The fourth-order valence-corrected chi connectivity index (χ4v) is 0.716.